The van der Waals surface area contributed by atoms with Crippen LogP contribution in [0.25, 0.3) is 0 Å². The number of hydrogen-bond donors (Lipinski definition) is 0. The molecular weight excluding hydrogens is 256 g/mol. The maximum Gasteiger partial charge on any atom is 0.299 e. The average Bonchev–Trinajstić information content (AvgIpc) is 2.54. The van der Waals surface area contributed by atoms with E-state index in [-0.39, 0.29) is 23.0 Å². The number of hydrogen-bond acceptors (Lipinski definition) is 3. The molecule has 19 heavy (non-hydrogen) atoms. The van der Waals surface area contributed by atoms with Crippen LogP contribution >= 0.6 is 0 Å². The van der Waals surface area contributed by atoms with Gasteiger partial charge in [0, 0.05) is 12.0 Å². The van der Waals surface area contributed by atoms with Gasteiger partial charge >= 0.3 is 0 Å². The first kappa shape index (κ1) is 13.3. The van der Waals surface area contributed by atoms with Crippen molar-refractivity contribution in [1.29, 1.82) is 0 Å². The topological polar surface area (TPSA) is 54.5 Å². The fraction of sp³-hybridized carbons (Fsp3) is 0.308. The summed E-state index contributed by atoms with van der Waals surface area (Å²) >= 11 is 0. The Kier molecular flexibility index (Phi) is 3.18. The van der Waals surface area contributed by atoms with Crippen molar-refractivity contribution in [3.8, 4) is 0 Å². The van der Waals surface area contributed by atoms with Gasteiger partial charge in [-0.05, 0) is 6.07 Å². The number of carbonyl (C=O) groups excluding carboxylic acids is 3. The lowest BCUT2D eigenvalue weighted by Gasteiger charge is -2.17. The number of halogens is 2. The van der Waals surface area contributed by atoms with Gasteiger partial charge in [-0.2, -0.15) is 0 Å². The van der Waals surface area contributed by atoms with Crippen molar-refractivity contribution in [3.63, 3.8) is 0 Å². The molecule has 0 saturated carbocycles. The van der Waals surface area contributed by atoms with Crippen molar-refractivity contribution in [3.05, 3.63) is 29.3 Å². The third-order valence-corrected chi connectivity index (χ3v) is 2.94. The predicted molar refractivity (Wildman–Crippen MR) is 62.9 cm³/mol. The molecule has 0 N–H and O–H groups in total. The molecule has 1 aromatic rings. The van der Waals surface area contributed by atoms with Crippen molar-refractivity contribution >= 4 is 23.2 Å². The molecule has 1 aromatic carbocycles. The van der Waals surface area contributed by atoms with E-state index in [1.807, 2.05) is 0 Å². The normalized spacial score (nSPS) is 14.3. The van der Waals surface area contributed by atoms with Crippen LogP contribution in [0.4, 0.5) is 14.5 Å². The van der Waals surface area contributed by atoms with E-state index in [1.54, 1.807) is 13.8 Å². The van der Waals surface area contributed by atoms with Crippen LogP contribution in [0.2, 0.25) is 0 Å². The zero-order valence-electron chi connectivity index (χ0n) is 10.4. The maximum absolute atomic E-state index is 13.7. The van der Waals surface area contributed by atoms with Gasteiger partial charge in [0.05, 0.1) is 17.8 Å². The Bertz CT molecular complexity index is 596. The summed E-state index contributed by atoms with van der Waals surface area (Å²) in [5.41, 5.74) is -0.649. The number of ketones is 2. The Morgan fingerprint density at radius 3 is 2.47 bits per heavy atom. The van der Waals surface area contributed by atoms with E-state index in [0.717, 1.165) is 11.0 Å². The van der Waals surface area contributed by atoms with Crippen LogP contribution in [-0.2, 0) is 9.59 Å². The molecule has 4 nitrogen and oxygen atoms in total. The summed E-state index contributed by atoms with van der Waals surface area (Å²) in [6.45, 7) is 2.87. The lowest BCUT2D eigenvalue weighted by molar-refractivity contribution is -0.122. The Balaban J connectivity index is 2.47. The third-order valence-electron chi connectivity index (χ3n) is 2.94. The van der Waals surface area contributed by atoms with Crippen molar-refractivity contribution in [1.82, 2.24) is 0 Å². The largest absolute Gasteiger partial charge is 0.299 e. The lowest BCUT2D eigenvalue weighted by atomic mass is 10.1. The van der Waals surface area contributed by atoms with Crippen LogP contribution < -0.4 is 4.90 Å². The summed E-state index contributed by atoms with van der Waals surface area (Å²) < 4.78 is 26.8. The van der Waals surface area contributed by atoms with Crippen molar-refractivity contribution in [2.24, 2.45) is 5.92 Å². The van der Waals surface area contributed by atoms with Gasteiger partial charge in [0.2, 0.25) is 0 Å². The van der Waals surface area contributed by atoms with Gasteiger partial charge in [-0.1, -0.05) is 13.8 Å². The van der Waals surface area contributed by atoms with Crippen LogP contribution in [0.3, 0.4) is 0 Å². The number of anilines is 1. The fourth-order valence-electron chi connectivity index (χ4n) is 1.84. The molecular formula is C13H11F2NO3. The molecule has 0 aromatic heterocycles. The molecule has 0 bridgehead atoms. The van der Waals surface area contributed by atoms with Crippen LogP contribution in [0.1, 0.15) is 24.2 Å². The molecule has 1 aliphatic heterocycles. The van der Waals surface area contributed by atoms with E-state index in [1.165, 1.54) is 0 Å². The minimum absolute atomic E-state index is 0.308. The molecule has 0 saturated heterocycles. The molecule has 100 valence electrons. The van der Waals surface area contributed by atoms with E-state index in [9.17, 15) is 23.2 Å². The predicted octanol–water partition coefficient (Wildman–Crippen LogP) is 1.72. The molecule has 1 heterocycles. The first-order valence-corrected chi connectivity index (χ1v) is 5.71. The van der Waals surface area contributed by atoms with Crippen molar-refractivity contribution in [2.45, 2.75) is 13.8 Å². The first-order valence-electron chi connectivity index (χ1n) is 5.71. The highest BCUT2D eigenvalue weighted by molar-refractivity contribution is 6.52. The van der Waals surface area contributed by atoms with Crippen LogP contribution in [0.5, 0.6) is 0 Å². The number of nitrogens with zero attached hydrogens (tertiary/aromatic N) is 1. The third kappa shape index (κ3) is 2.14. The molecule has 2 rings (SSSR count). The number of fused-ring (bicyclic) bond motifs is 1. The van der Waals surface area contributed by atoms with E-state index in [4.69, 9.17) is 0 Å². The van der Waals surface area contributed by atoms with Gasteiger partial charge < -0.3 is 0 Å². The second-order valence-corrected chi connectivity index (χ2v) is 4.63. The summed E-state index contributed by atoms with van der Waals surface area (Å²) in [5, 5.41) is 0. The molecule has 1 amide bonds. The zero-order chi connectivity index (χ0) is 14.3. The zero-order valence-corrected chi connectivity index (χ0v) is 10.4. The average molecular weight is 267 g/mol. The Labute approximate surface area is 108 Å². The van der Waals surface area contributed by atoms with Crippen molar-refractivity contribution < 1.29 is 23.2 Å². The molecule has 0 unspecified atom stereocenters. The SMILES string of the molecule is CC(C)C(=O)CN1C(=O)C(=O)c2cc(F)cc(F)c21. The Morgan fingerprint density at radius 2 is 1.89 bits per heavy atom. The van der Waals surface area contributed by atoms with Crippen LogP contribution in [-0.4, -0.2) is 24.0 Å². The summed E-state index contributed by atoms with van der Waals surface area (Å²) in [7, 11) is 0. The lowest BCUT2D eigenvalue weighted by Crippen LogP contribution is -2.36. The smallest absolute Gasteiger partial charge is 0.297 e. The number of amides is 1. The van der Waals surface area contributed by atoms with Gasteiger partial charge in [0.1, 0.15) is 5.82 Å². The molecule has 6 heteroatoms. The van der Waals surface area contributed by atoms with Crippen molar-refractivity contribution in [2.75, 3.05) is 11.4 Å². The highest BCUT2D eigenvalue weighted by Gasteiger charge is 2.39. The van der Waals surface area contributed by atoms with Gasteiger partial charge in [-0.3, -0.25) is 19.3 Å². The van der Waals surface area contributed by atoms with Gasteiger partial charge in [0.25, 0.3) is 11.7 Å². The van der Waals surface area contributed by atoms with Crippen LogP contribution in [0.15, 0.2) is 12.1 Å². The standard InChI is InChI=1S/C13H11F2NO3/c1-6(2)10(17)5-16-11-8(12(18)13(16)19)3-7(14)4-9(11)15/h3-4,6H,5H2,1-2H3. The minimum Gasteiger partial charge on any atom is -0.297 e. The summed E-state index contributed by atoms with van der Waals surface area (Å²) in [5.74, 6) is -4.62. The molecule has 0 fully saturated rings. The summed E-state index contributed by atoms with van der Waals surface area (Å²) in [4.78, 5) is 35.8. The summed E-state index contributed by atoms with van der Waals surface area (Å²) in [6.07, 6.45) is 0. The number of benzene rings is 1. The molecule has 0 atom stereocenters. The monoisotopic (exact) mass is 267 g/mol. The van der Waals surface area contributed by atoms with E-state index < -0.39 is 29.9 Å². The second kappa shape index (κ2) is 4.53. The van der Waals surface area contributed by atoms with E-state index in [0.29, 0.717) is 6.07 Å². The molecule has 0 spiro atoms. The fourth-order valence-corrected chi connectivity index (χ4v) is 1.84. The number of rotatable bonds is 3. The highest BCUT2D eigenvalue weighted by atomic mass is 19.1. The Morgan fingerprint density at radius 1 is 1.26 bits per heavy atom. The number of carbonyl (C=O) groups is 3. The van der Waals surface area contributed by atoms with Crippen LogP contribution in [0, 0.1) is 17.6 Å². The first-order chi connectivity index (χ1) is 8.82. The van der Waals surface area contributed by atoms with E-state index in [2.05, 4.69) is 0 Å². The second-order valence-electron chi connectivity index (χ2n) is 4.63. The van der Waals surface area contributed by atoms with Gasteiger partial charge in [0.15, 0.2) is 11.6 Å². The van der Waals surface area contributed by atoms with E-state index >= 15 is 0 Å². The van der Waals surface area contributed by atoms with Gasteiger partial charge in [-0.15, -0.1) is 0 Å². The maximum atomic E-state index is 13.7. The number of Topliss-reactive ketones (excluding diaryl/α,β-unsaturated/α-hetero) is 2. The quantitative estimate of drug-likeness (QED) is 0.783. The summed E-state index contributed by atoms with van der Waals surface area (Å²) in [6, 6.07) is 1.38. The highest BCUT2D eigenvalue weighted by Crippen LogP contribution is 2.32. The minimum atomic E-state index is -1.02. The molecule has 1 aliphatic rings. The molecule has 0 aliphatic carbocycles. The van der Waals surface area contributed by atoms with Gasteiger partial charge in [-0.25, -0.2) is 8.78 Å². The Hall–Kier alpha value is -2.11. The molecule has 0 radical (unpaired) electrons.